The van der Waals surface area contributed by atoms with Gasteiger partial charge in [0.25, 0.3) is 0 Å². The van der Waals surface area contributed by atoms with Crippen LogP contribution >= 0.6 is 0 Å². The molecule has 0 saturated carbocycles. The highest BCUT2D eigenvalue weighted by molar-refractivity contribution is 4.97. The first kappa shape index (κ1) is 12.7. The van der Waals surface area contributed by atoms with Crippen molar-refractivity contribution in [2.24, 2.45) is 0 Å². The van der Waals surface area contributed by atoms with Crippen LogP contribution in [-0.4, -0.2) is 49.0 Å². The quantitative estimate of drug-likeness (QED) is 0.714. The molecule has 0 radical (unpaired) electrons. The molecule has 0 aromatic heterocycles. The highest BCUT2D eigenvalue weighted by Crippen LogP contribution is 2.41. The van der Waals surface area contributed by atoms with Gasteiger partial charge in [0.15, 0.2) is 24.0 Å². The smallest absolute Gasteiger partial charge is 0.190 e. The van der Waals surface area contributed by atoms with E-state index in [-0.39, 0.29) is 0 Å². The van der Waals surface area contributed by atoms with Gasteiger partial charge in [0.1, 0.15) is 18.3 Å². The van der Waals surface area contributed by atoms with Gasteiger partial charge < -0.3 is 23.7 Å². The maximum Gasteiger partial charge on any atom is 0.190 e. The molecule has 3 heterocycles. The summed E-state index contributed by atoms with van der Waals surface area (Å²) >= 11 is 0. The maximum absolute atomic E-state index is 14.3. The zero-order valence-electron chi connectivity index (χ0n) is 11.0. The summed E-state index contributed by atoms with van der Waals surface area (Å²) in [5, 5.41) is 0. The average molecular weight is 262 g/mol. The zero-order chi connectivity index (χ0) is 13.1. The monoisotopic (exact) mass is 262 g/mol. The Bertz CT molecular complexity index is 345. The van der Waals surface area contributed by atoms with E-state index in [1.54, 1.807) is 27.7 Å². The number of hydrogen-bond donors (Lipinski definition) is 0. The zero-order valence-corrected chi connectivity index (χ0v) is 11.0. The first-order valence-electron chi connectivity index (χ1n) is 6.24. The summed E-state index contributed by atoms with van der Waals surface area (Å²) in [6.07, 6.45) is -3.72. The van der Waals surface area contributed by atoms with E-state index in [2.05, 4.69) is 0 Å². The van der Waals surface area contributed by atoms with E-state index in [0.29, 0.717) is 6.61 Å². The summed E-state index contributed by atoms with van der Waals surface area (Å²) in [6.45, 7) is 7.41. The van der Waals surface area contributed by atoms with E-state index in [0.717, 1.165) is 0 Å². The average Bonchev–Trinajstić information content (AvgIpc) is 2.81. The van der Waals surface area contributed by atoms with Crippen LogP contribution < -0.4 is 0 Å². The van der Waals surface area contributed by atoms with Crippen LogP contribution in [0.15, 0.2) is 0 Å². The topological polar surface area (TPSA) is 46.2 Å². The predicted molar refractivity (Wildman–Crippen MR) is 58.5 cm³/mol. The molecule has 3 aliphatic heterocycles. The molecule has 2 unspecified atom stereocenters. The van der Waals surface area contributed by atoms with Gasteiger partial charge >= 0.3 is 0 Å². The van der Waals surface area contributed by atoms with E-state index in [1.165, 1.54) is 0 Å². The fourth-order valence-electron chi connectivity index (χ4n) is 2.67. The van der Waals surface area contributed by atoms with Crippen LogP contribution in [0.3, 0.4) is 0 Å². The van der Waals surface area contributed by atoms with Gasteiger partial charge in [0.05, 0.1) is 6.61 Å². The molecule has 0 spiro atoms. The standard InChI is InChI=1S/C12H19FO5/c1-11(2)14-5-6(16-11)8-7(13)9-10(15-8)18-12(3,4)17-9/h6-10H,5H2,1-4H3/t6?,7?,8-,9+,10-/m1/s1. The normalized spacial score (nSPS) is 49.5. The van der Waals surface area contributed by atoms with Crippen LogP contribution in [0.2, 0.25) is 0 Å². The number of rotatable bonds is 1. The molecule has 0 bridgehead atoms. The largest absolute Gasteiger partial charge is 0.348 e. The van der Waals surface area contributed by atoms with Gasteiger partial charge in [-0.15, -0.1) is 0 Å². The minimum atomic E-state index is -1.26. The molecule has 3 rings (SSSR count). The Hall–Kier alpha value is -0.270. The Morgan fingerprint density at radius 1 is 0.944 bits per heavy atom. The van der Waals surface area contributed by atoms with Crippen molar-refractivity contribution < 1.29 is 28.1 Å². The minimum Gasteiger partial charge on any atom is -0.348 e. The van der Waals surface area contributed by atoms with Crippen LogP contribution in [-0.2, 0) is 23.7 Å². The summed E-state index contributed by atoms with van der Waals surface area (Å²) in [5.74, 6) is -1.48. The number of halogens is 1. The van der Waals surface area contributed by atoms with Gasteiger partial charge in [0.2, 0.25) is 0 Å². The van der Waals surface area contributed by atoms with E-state index in [9.17, 15) is 4.39 Å². The van der Waals surface area contributed by atoms with Gasteiger partial charge in [-0.1, -0.05) is 0 Å². The maximum atomic E-state index is 14.3. The molecule has 5 nitrogen and oxygen atoms in total. The Morgan fingerprint density at radius 2 is 1.67 bits per heavy atom. The van der Waals surface area contributed by atoms with Gasteiger partial charge in [-0.25, -0.2) is 4.39 Å². The van der Waals surface area contributed by atoms with Crippen LogP contribution in [0.4, 0.5) is 4.39 Å². The van der Waals surface area contributed by atoms with Gasteiger partial charge in [-0.05, 0) is 27.7 Å². The first-order chi connectivity index (χ1) is 8.27. The van der Waals surface area contributed by atoms with Gasteiger partial charge in [-0.2, -0.15) is 0 Å². The fourth-order valence-corrected chi connectivity index (χ4v) is 2.67. The Kier molecular flexibility index (Phi) is 2.74. The minimum absolute atomic E-state index is 0.320. The third-order valence-electron chi connectivity index (χ3n) is 3.40. The molecular formula is C12H19FO5. The van der Waals surface area contributed by atoms with Crippen molar-refractivity contribution >= 4 is 0 Å². The molecule has 18 heavy (non-hydrogen) atoms. The molecule has 3 aliphatic rings. The second-order valence-electron chi connectivity index (χ2n) is 5.88. The molecule has 0 amide bonds. The van der Waals surface area contributed by atoms with Gasteiger partial charge in [-0.3, -0.25) is 0 Å². The van der Waals surface area contributed by atoms with E-state index in [1.807, 2.05) is 0 Å². The molecule has 0 aromatic carbocycles. The molecule has 104 valence electrons. The highest BCUT2D eigenvalue weighted by Gasteiger charge is 2.58. The fraction of sp³-hybridized carbons (Fsp3) is 1.00. The van der Waals surface area contributed by atoms with Crippen LogP contribution in [0.5, 0.6) is 0 Å². The molecule has 0 N–H and O–H groups in total. The van der Waals surface area contributed by atoms with Crippen molar-refractivity contribution in [3.8, 4) is 0 Å². The molecule has 3 saturated heterocycles. The second-order valence-corrected chi connectivity index (χ2v) is 5.88. The van der Waals surface area contributed by atoms with Crippen molar-refractivity contribution in [3.63, 3.8) is 0 Å². The molecular weight excluding hydrogens is 243 g/mol. The number of fused-ring (bicyclic) bond motifs is 1. The van der Waals surface area contributed by atoms with Crippen molar-refractivity contribution in [3.05, 3.63) is 0 Å². The lowest BCUT2D eigenvalue weighted by molar-refractivity contribution is -0.227. The number of ether oxygens (including phenoxy) is 5. The highest BCUT2D eigenvalue weighted by atomic mass is 19.1. The SMILES string of the molecule is CC1(C)OCC([C@H]2O[C@@H]3OC(C)(C)O[C@H]3C2F)O1. The summed E-state index contributed by atoms with van der Waals surface area (Å²) in [6, 6.07) is 0. The number of hydrogen-bond acceptors (Lipinski definition) is 5. The van der Waals surface area contributed by atoms with Crippen molar-refractivity contribution in [1.82, 2.24) is 0 Å². The van der Waals surface area contributed by atoms with Crippen LogP contribution in [0.1, 0.15) is 27.7 Å². The predicted octanol–water partition coefficient (Wildman–Crippen LogP) is 1.35. The van der Waals surface area contributed by atoms with E-state index < -0.39 is 42.3 Å². The van der Waals surface area contributed by atoms with Crippen molar-refractivity contribution in [1.29, 1.82) is 0 Å². The lowest BCUT2D eigenvalue weighted by Gasteiger charge is -2.25. The first-order valence-corrected chi connectivity index (χ1v) is 6.24. The summed E-state index contributed by atoms with van der Waals surface area (Å²) in [5.41, 5.74) is 0. The second kappa shape index (κ2) is 3.86. The third-order valence-corrected chi connectivity index (χ3v) is 3.40. The van der Waals surface area contributed by atoms with Crippen molar-refractivity contribution in [2.75, 3.05) is 6.61 Å². The molecule has 3 fully saturated rings. The summed E-state index contributed by atoms with van der Waals surface area (Å²) < 4.78 is 42.0. The van der Waals surface area contributed by atoms with Gasteiger partial charge in [0, 0.05) is 0 Å². The van der Waals surface area contributed by atoms with E-state index in [4.69, 9.17) is 23.7 Å². The van der Waals surface area contributed by atoms with Crippen LogP contribution in [0.25, 0.3) is 0 Å². The Morgan fingerprint density at radius 3 is 2.22 bits per heavy atom. The molecule has 0 aromatic rings. The molecule has 5 atom stereocenters. The Balaban J connectivity index is 1.68. The third kappa shape index (κ3) is 2.06. The summed E-state index contributed by atoms with van der Waals surface area (Å²) in [4.78, 5) is 0. The summed E-state index contributed by atoms with van der Waals surface area (Å²) in [7, 11) is 0. The number of alkyl halides is 1. The van der Waals surface area contributed by atoms with Crippen LogP contribution in [0, 0.1) is 0 Å². The lowest BCUT2D eigenvalue weighted by Crippen LogP contribution is -2.40. The lowest BCUT2D eigenvalue weighted by atomic mass is 10.1. The van der Waals surface area contributed by atoms with Crippen molar-refractivity contribution in [2.45, 2.75) is 70.0 Å². The van der Waals surface area contributed by atoms with E-state index >= 15 is 0 Å². The Labute approximate surface area is 105 Å². The molecule has 6 heteroatoms. The molecule has 0 aliphatic carbocycles.